The van der Waals surface area contributed by atoms with Crippen molar-refractivity contribution in [2.24, 2.45) is 4.99 Å². The van der Waals surface area contributed by atoms with Gasteiger partial charge in [-0.05, 0) is 30.7 Å². The molecule has 2 aromatic carbocycles. The van der Waals surface area contributed by atoms with Gasteiger partial charge in [0, 0.05) is 23.0 Å². The van der Waals surface area contributed by atoms with Crippen LogP contribution in [0.1, 0.15) is 17.0 Å². The average Bonchev–Trinajstić information content (AvgIpc) is 3.01. The first kappa shape index (κ1) is 13.6. The van der Waals surface area contributed by atoms with Crippen LogP contribution >= 0.6 is 11.6 Å². The maximum absolute atomic E-state index is 6.00. The van der Waals surface area contributed by atoms with Crippen LogP contribution in [-0.2, 0) is 0 Å². The minimum Gasteiger partial charge on any atom is -0.343 e. The molecule has 3 aromatic rings. The van der Waals surface area contributed by atoms with E-state index in [-0.39, 0.29) is 0 Å². The minimum atomic E-state index is 0.714. The molecule has 0 spiro atoms. The quantitative estimate of drug-likeness (QED) is 0.708. The summed E-state index contributed by atoms with van der Waals surface area (Å²) in [5.74, 6) is 0.746. The Bertz CT molecular complexity index is 762. The number of nitrogens with one attached hydrogen (secondary N) is 1. The predicted octanol–water partition coefficient (Wildman–Crippen LogP) is 4.54. The molecule has 21 heavy (non-hydrogen) atoms. The van der Waals surface area contributed by atoms with Gasteiger partial charge in [-0.25, -0.2) is 9.98 Å². The van der Waals surface area contributed by atoms with Gasteiger partial charge in [-0.15, -0.1) is 0 Å². The Balaban J connectivity index is 2.14. The van der Waals surface area contributed by atoms with Crippen LogP contribution in [0.25, 0.3) is 0 Å². The molecular weight excluding hydrogens is 282 g/mol. The number of imidazole rings is 1. The van der Waals surface area contributed by atoms with Crippen LogP contribution in [0, 0.1) is 6.92 Å². The zero-order valence-corrected chi connectivity index (χ0v) is 12.3. The molecule has 0 saturated carbocycles. The number of aromatic amines is 1. The fourth-order valence-corrected chi connectivity index (χ4v) is 2.34. The highest BCUT2D eigenvalue weighted by atomic mass is 35.5. The lowest BCUT2D eigenvalue weighted by atomic mass is 10.1. The van der Waals surface area contributed by atoms with E-state index >= 15 is 0 Å². The molecule has 1 heterocycles. The molecule has 3 nitrogen and oxygen atoms in total. The van der Waals surface area contributed by atoms with Gasteiger partial charge in [0.05, 0.1) is 5.69 Å². The first-order valence-electron chi connectivity index (χ1n) is 6.64. The summed E-state index contributed by atoms with van der Waals surface area (Å²) in [4.78, 5) is 12.2. The lowest BCUT2D eigenvalue weighted by Gasteiger charge is -2.06. The number of hydrogen-bond donors (Lipinski definition) is 1. The molecule has 4 heteroatoms. The van der Waals surface area contributed by atoms with Crippen LogP contribution in [0.15, 0.2) is 65.9 Å². The van der Waals surface area contributed by atoms with E-state index in [0.29, 0.717) is 5.02 Å². The molecule has 0 atom stereocenters. The topological polar surface area (TPSA) is 41.0 Å². The number of hydrogen-bond acceptors (Lipinski definition) is 2. The van der Waals surface area contributed by atoms with Crippen LogP contribution < -0.4 is 0 Å². The van der Waals surface area contributed by atoms with Gasteiger partial charge in [0.25, 0.3) is 0 Å². The molecule has 0 saturated heterocycles. The van der Waals surface area contributed by atoms with Crippen LogP contribution in [0.5, 0.6) is 0 Å². The van der Waals surface area contributed by atoms with Gasteiger partial charge in [0.1, 0.15) is 5.71 Å². The van der Waals surface area contributed by atoms with Gasteiger partial charge >= 0.3 is 0 Å². The second-order valence-corrected chi connectivity index (χ2v) is 5.13. The summed E-state index contributed by atoms with van der Waals surface area (Å²) in [6.45, 7) is 2.00. The largest absolute Gasteiger partial charge is 0.343 e. The number of benzene rings is 2. The van der Waals surface area contributed by atoms with Crippen molar-refractivity contribution in [1.29, 1.82) is 0 Å². The third kappa shape index (κ3) is 3.03. The summed E-state index contributed by atoms with van der Waals surface area (Å²) >= 11 is 6.00. The number of aromatic nitrogens is 2. The SMILES string of the molecule is Cc1cc(Cl)ccc1N=C(c1ccccc1)c1ncc[nH]1. The maximum atomic E-state index is 6.00. The Labute approximate surface area is 128 Å². The van der Waals surface area contributed by atoms with E-state index in [1.807, 2.05) is 55.5 Å². The molecule has 104 valence electrons. The van der Waals surface area contributed by atoms with Crippen molar-refractivity contribution < 1.29 is 0 Å². The van der Waals surface area contributed by atoms with E-state index in [1.54, 1.807) is 12.4 Å². The van der Waals surface area contributed by atoms with Gasteiger partial charge < -0.3 is 4.98 Å². The third-order valence-corrected chi connectivity index (χ3v) is 3.40. The summed E-state index contributed by atoms with van der Waals surface area (Å²) in [7, 11) is 0. The monoisotopic (exact) mass is 295 g/mol. The van der Waals surface area contributed by atoms with E-state index in [1.165, 1.54) is 0 Å². The maximum Gasteiger partial charge on any atom is 0.156 e. The number of halogens is 1. The van der Waals surface area contributed by atoms with Gasteiger partial charge in [-0.2, -0.15) is 0 Å². The number of H-pyrrole nitrogens is 1. The fraction of sp³-hybridized carbons (Fsp3) is 0.0588. The third-order valence-electron chi connectivity index (χ3n) is 3.16. The Kier molecular flexibility index (Phi) is 3.84. The molecule has 0 aliphatic carbocycles. The first-order chi connectivity index (χ1) is 10.2. The fourth-order valence-electron chi connectivity index (χ4n) is 2.11. The number of nitrogens with zero attached hydrogens (tertiary/aromatic N) is 2. The van der Waals surface area contributed by atoms with E-state index in [2.05, 4.69) is 9.97 Å². The molecule has 0 aliphatic rings. The molecule has 0 fully saturated rings. The van der Waals surface area contributed by atoms with E-state index in [0.717, 1.165) is 28.4 Å². The highest BCUT2D eigenvalue weighted by molar-refractivity contribution is 6.30. The van der Waals surface area contributed by atoms with Crippen molar-refractivity contribution in [3.05, 3.63) is 82.9 Å². The summed E-state index contributed by atoms with van der Waals surface area (Å²) in [6, 6.07) is 15.7. The molecule has 3 rings (SSSR count). The Morgan fingerprint density at radius 1 is 1.14 bits per heavy atom. The summed E-state index contributed by atoms with van der Waals surface area (Å²) in [6.07, 6.45) is 3.52. The summed E-state index contributed by atoms with van der Waals surface area (Å²) < 4.78 is 0. The van der Waals surface area contributed by atoms with Crippen molar-refractivity contribution in [1.82, 2.24) is 9.97 Å². The van der Waals surface area contributed by atoms with Crippen LogP contribution in [0.3, 0.4) is 0 Å². The molecule has 1 aromatic heterocycles. The van der Waals surface area contributed by atoms with Crippen LogP contribution in [0.4, 0.5) is 5.69 Å². The molecule has 0 radical (unpaired) electrons. The minimum absolute atomic E-state index is 0.714. The summed E-state index contributed by atoms with van der Waals surface area (Å²) in [5.41, 5.74) is 3.74. The Hall–Kier alpha value is -2.39. The summed E-state index contributed by atoms with van der Waals surface area (Å²) in [5, 5.41) is 0.714. The van der Waals surface area contributed by atoms with Gasteiger partial charge in [-0.1, -0.05) is 41.9 Å². The van der Waals surface area contributed by atoms with Crippen molar-refractivity contribution in [2.75, 3.05) is 0 Å². The van der Waals surface area contributed by atoms with Gasteiger partial charge in [-0.3, -0.25) is 0 Å². The van der Waals surface area contributed by atoms with Crippen LogP contribution in [-0.4, -0.2) is 15.7 Å². The smallest absolute Gasteiger partial charge is 0.156 e. The molecule has 0 unspecified atom stereocenters. The zero-order valence-electron chi connectivity index (χ0n) is 11.5. The Morgan fingerprint density at radius 2 is 1.95 bits per heavy atom. The highest BCUT2D eigenvalue weighted by Gasteiger charge is 2.10. The lowest BCUT2D eigenvalue weighted by molar-refractivity contribution is 1.24. The van der Waals surface area contributed by atoms with Gasteiger partial charge in [0.15, 0.2) is 5.82 Å². The second-order valence-electron chi connectivity index (χ2n) is 4.70. The van der Waals surface area contributed by atoms with Crippen molar-refractivity contribution >= 4 is 23.0 Å². The van der Waals surface area contributed by atoms with Crippen molar-refractivity contribution in [2.45, 2.75) is 6.92 Å². The normalized spacial score (nSPS) is 11.6. The second kappa shape index (κ2) is 5.94. The number of aryl methyl sites for hydroxylation is 1. The van der Waals surface area contributed by atoms with E-state index < -0.39 is 0 Å². The standard InChI is InChI=1S/C17H14ClN3/c1-12-11-14(18)7-8-15(12)21-16(17-19-9-10-20-17)13-5-3-2-4-6-13/h2-11H,1H3,(H,19,20). The Morgan fingerprint density at radius 3 is 2.62 bits per heavy atom. The predicted molar refractivity (Wildman–Crippen MR) is 86.5 cm³/mol. The highest BCUT2D eigenvalue weighted by Crippen LogP contribution is 2.24. The molecular formula is C17H14ClN3. The number of rotatable bonds is 3. The molecule has 0 bridgehead atoms. The van der Waals surface area contributed by atoms with E-state index in [9.17, 15) is 0 Å². The van der Waals surface area contributed by atoms with Gasteiger partial charge in [0.2, 0.25) is 0 Å². The molecule has 1 N–H and O–H groups in total. The van der Waals surface area contributed by atoms with Crippen LogP contribution in [0.2, 0.25) is 5.02 Å². The van der Waals surface area contributed by atoms with Crippen molar-refractivity contribution in [3.63, 3.8) is 0 Å². The average molecular weight is 296 g/mol. The lowest BCUT2D eigenvalue weighted by Crippen LogP contribution is -2.05. The number of aliphatic imine (C=N–C) groups is 1. The van der Waals surface area contributed by atoms with E-state index in [4.69, 9.17) is 16.6 Å². The van der Waals surface area contributed by atoms with Crippen molar-refractivity contribution in [3.8, 4) is 0 Å². The molecule has 0 aliphatic heterocycles. The first-order valence-corrected chi connectivity index (χ1v) is 7.02. The molecule has 0 amide bonds. The zero-order chi connectivity index (χ0) is 14.7.